The first-order valence-corrected chi connectivity index (χ1v) is 11.1. The fourth-order valence-electron chi connectivity index (χ4n) is 3.30. The quantitative estimate of drug-likeness (QED) is 0.410. The zero-order valence-corrected chi connectivity index (χ0v) is 19.1. The second-order valence-electron chi connectivity index (χ2n) is 7.72. The molecule has 0 fully saturated rings. The van der Waals surface area contributed by atoms with E-state index >= 15 is 0 Å². The lowest BCUT2D eigenvalue weighted by Gasteiger charge is -2.15. The number of hydrogen-bond donors (Lipinski definition) is 3. The Morgan fingerprint density at radius 3 is 2.14 bits per heavy atom. The van der Waals surface area contributed by atoms with Crippen LogP contribution in [-0.2, 0) is 4.79 Å². The summed E-state index contributed by atoms with van der Waals surface area (Å²) in [6.07, 6.45) is -0.760. The average molecular weight is 476 g/mol. The van der Waals surface area contributed by atoms with E-state index in [0.717, 1.165) is 0 Å². The number of rotatable bonds is 9. The minimum Gasteiger partial charge on any atom is -0.481 e. The van der Waals surface area contributed by atoms with Crippen molar-refractivity contribution in [1.82, 2.24) is 10.6 Å². The first kappa shape index (κ1) is 23.6. The molecule has 1 atom stereocenters. The Kier molecular flexibility index (Phi) is 7.47. The van der Waals surface area contributed by atoms with Gasteiger partial charge in [0.05, 0.1) is 0 Å². The molecular weight excluding hydrogens is 450 g/mol. The second kappa shape index (κ2) is 11.1. The van der Waals surface area contributed by atoms with Crippen LogP contribution in [0.25, 0.3) is 0 Å². The molecule has 1 heterocycles. The minimum absolute atomic E-state index is 0.160. The lowest BCUT2D eigenvalue weighted by Crippen LogP contribution is -2.34. The van der Waals surface area contributed by atoms with Crippen molar-refractivity contribution in [3.05, 3.63) is 83.9 Å². The van der Waals surface area contributed by atoms with E-state index < -0.39 is 6.10 Å². The predicted molar refractivity (Wildman–Crippen MR) is 129 cm³/mol. The van der Waals surface area contributed by atoms with Gasteiger partial charge in [-0.1, -0.05) is 18.2 Å². The van der Waals surface area contributed by atoms with E-state index in [1.807, 2.05) is 6.07 Å². The van der Waals surface area contributed by atoms with Crippen LogP contribution in [0.2, 0.25) is 0 Å². The van der Waals surface area contributed by atoms with E-state index in [0.29, 0.717) is 40.6 Å². The summed E-state index contributed by atoms with van der Waals surface area (Å²) in [5.74, 6) is 0.879. The van der Waals surface area contributed by atoms with Crippen molar-refractivity contribution in [3.8, 4) is 17.2 Å². The molecular formula is C26H25N3O6. The van der Waals surface area contributed by atoms with Crippen molar-refractivity contribution < 1.29 is 28.6 Å². The third-order valence-electron chi connectivity index (χ3n) is 5.17. The maximum atomic E-state index is 12.5. The Bertz CT molecular complexity index is 1200. The number of benzene rings is 3. The van der Waals surface area contributed by atoms with Crippen LogP contribution in [-0.4, -0.2) is 43.7 Å². The lowest BCUT2D eigenvalue weighted by atomic mass is 10.2. The molecule has 1 aliphatic heterocycles. The number of anilines is 1. The Balaban J connectivity index is 1.21. The zero-order valence-electron chi connectivity index (χ0n) is 19.1. The van der Waals surface area contributed by atoms with Crippen molar-refractivity contribution >= 4 is 23.4 Å². The molecule has 0 aliphatic carbocycles. The summed E-state index contributed by atoms with van der Waals surface area (Å²) in [7, 11) is 0. The van der Waals surface area contributed by atoms with Crippen molar-refractivity contribution in [2.45, 2.75) is 13.0 Å². The zero-order chi connectivity index (χ0) is 24.6. The highest BCUT2D eigenvalue weighted by atomic mass is 16.7. The van der Waals surface area contributed by atoms with Gasteiger partial charge in [-0.25, -0.2) is 0 Å². The molecule has 1 aliphatic rings. The van der Waals surface area contributed by atoms with Crippen LogP contribution < -0.4 is 30.2 Å². The summed E-state index contributed by atoms with van der Waals surface area (Å²) < 4.78 is 16.3. The summed E-state index contributed by atoms with van der Waals surface area (Å²) in [5, 5.41) is 8.26. The Hall–Kier alpha value is -4.53. The molecule has 0 bridgehead atoms. The van der Waals surface area contributed by atoms with Crippen LogP contribution in [0.3, 0.4) is 0 Å². The fraction of sp³-hybridized carbons (Fsp3) is 0.192. The molecule has 0 aromatic heterocycles. The van der Waals surface area contributed by atoms with Gasteiger partial charge in [-0.05, 0) is 55.5 Å². The van der Waals surface area contributed by atoms with Crippen LogP contribution in [0.4, 0.5) is 5.69 Å². The minimum atomic E-state index is -0.760. The Morgan fingerprint density at radius 1 is 0.829 bits per heavy atom. The maximum Gasteiger partial charge on any atom is 0.265 e. The summed E-state index contributed by atoms with van der Waals surface area (Å²) in [5.41, 5.74) is 1.52. The van der Waals surface area contributed by atoms with E-state index in [-0.39, 0.29) is 31.1 Å². The SMILES string of the molecule is CC(Oc1ccc2c(c1)OCO2)C(=O)Nc1ccc(C(=O)NCCNC(=O)c2ccccc2)cc1. The normalized spacial score (nSPS) is 12.4. The monoisotopic (exact) mass is 475 g/mol. The molecule has 9 nitrogen and oxygen atoms in total. The van der Waals surface area contributed by atoms with E-state index in [2.05, 4.69) is 16.0 Å². The number of carbonyl (C=O) groups is 3. The first-order chi connectivity index (χ1) is 17.0. The number of hydrogen-bond acceptors (Lipinski definition) is 6. The molecule has 3 N–H and O–H groups in total. The lowest BCUT2D eigenvalue weighted by molar-refractivity contribution is -0.122. The highest BCUT2D eigenvalue weighted by Crippen LogP contribution is 2.35. The molecule has 3 amide bonds. The maximum absolute atomic E-state index is 12.5. The molecule has 4 rings (SSSR count). The van der Waals surface area contributed by atoms with Crippen molar-refractivity contribution in [2.24, 2.45) is 0 Å². The Morgan fingerprint density at radius 2 is 1.46 bits per heavy atom. The van der Waals surface area contributed by atoms with E-state index in [9.17, 15) is 14.4 Å². The molecule has 3 aromatic carbocycles. The molecule has 9 heteroatoms. The highest BCUT2D eigenvalue weighted by Gasteiger charge is 2.18. The van der Waals surface area contributed by atoms with E-state index in [1.165, 1.54) is 0 Å². The van der Waals surface area contributed by atoms with Gasteiger partial charge in [0, 0.05) is 36.0 Å². The third kappa shape index (κ3) is 6.29. The van der Waals surface area contributed by atoms with Gasteiger partial charge in [0.2, 0.25) is 6.79 Å². The Labute approximate surface area is 202 Å². The molecule has 0 radical (unpaired) electrons. The van der Waals surface area contributed by atoms with Crippen LogP contribution in [0.15, 0.2) is 72.8 Å². The van der Waals surface area contributed by atoms with Crippen molar-refractivity contribution in [1.29, 1.82) is 0 Å². The van der Waals surface area contributed by atoms with Crippen LogP contribution >= 0.6 is 0 Å². The number of amides is 3. The first-order valence-electron chi connectivity index (χ1n) is 11.1. The molecule has 3 aromatic rings. The van der Waals surface area contributed by atoms with Crippen LogP contribution in [0.5, 0.6) is 17.2 Å². The van der Waals surface area contributed by atoms with Gasteiger partial charge in [-0.15, -0.1) is 0 Å². The van der Waals surface area contributed by atoms with Crippen LogP contribution in [0.1, 0.15) is 27.6 Å². The predicted octanol–water partition coefficient (Wildman–Crippen LogP) is 2.98. The molecule has 0 saturated heterocycles. The molecule has 1 unspecified atom stereocenters. The van der Waals surface area contributed by atoms with Gasteiger partial charge in [-0.3, -0.25) is 14.4 Å². The van der Waals surface area contributed by atoms with Gasteiger partial charge < -0.3 is 30.2 Å². The van der Waals surface area contributed by atoms with Gasteiger partial charge in [-0.2, -0.15) is 0 Å². The number of carbonyl (C=O) groups excluding carboxylic acids is 3. The summed E-state index contributed by atoms with van der Waals surface area (Å²) in [4.78, 5) is 36.8. The van der Waals surface area contributed by atoms with Gasteiger partial charge in [0.25, 0.3) is 17.7 Å². The number of nitrogens with one attached hydrogen (secondary N) is 3. The largest absolute Gasteiger partial charge is 0.481 e. The average Bonchev–Trinajstić information content (AvgIpc) is 3.35. The topological polar surface area (TPSA) is 115 Å². The molecule has 35 heavy (non-hydrogen) atoms. The van der Waals surface area contributed by atoms with Crippen LogP contribution in [0, 0.1) is 0 Å². The van der Waals surface area contributed by atoms with Gasteiger partial charge in [0.15, 0.2) is 17.6 Å². The highest BCUT2D eigenvalue weighted by molar-refractivity contribution is 5.97. The van der Waals surface area contributed by atoms with Gasteiger partial charge >= 0.3 is 0 Å². The standard InChI is InChI=1S/C26H25N3O6/c1-17(35-21-11-12-22-23(15-21)34-16-33-22)24(30)29-20-9-7-19(8-10-20)26(32)28-14-13-27-25(31)18-5-3-2-4-6-18/h2-12,15,17H,13-14,16H2,1H3,(H,27,31)(H,28,32)(H,29,30). The summed E-state index contributed by atoms with van der Waals surface area (Å²) in [6, 6.07) is 20.4. The molecule has 180 valence electrons. The van der Waals surface area contributed by atoms with E-state index in [1.54, 1.807) is 73.7 Å². The number of fused-ring (bicyclic) bond motifs is 1. The number of ether oxygens (including phenoxy) is 3. The van der Waals surface area contributed by atoms with Gasteiger partial charge in [0.1, 0.15) is 5.75 Å². The molecule has 0 spiro atoms. The van der Waals surface area contributed by atoms with Crippen molar-refractivity contribution in [2.75, 3.05) is 25.2 Å². The van der Waals surface area contributed by atoms with E-state index in [4.69, 9.17) is 14.2 Å². The molecule has 0 saturated carbocycles. The summed E-state index contributed by atoms with van der Waals surface area (Å²) >= 11 is 0. The summed E-state index contributed by atoms with van der Waals surface area (Å²) in [6.45, 7) is 2.38. The smallest absolute Gasteiger partial charge is 0.265 e. The van der Waals surface area contributed by atoms with Crippen molar-refractivity contribution in [3.63, 3.8) is 0 Å². The second-order valence-corrected chi connectivity index (χ2v) is 7.72. The fourth-order valence-corrected chi connectivity index (χ4v) is 3.30. The third-order valence-corrected chi connectivity index (χ3v) is 5.17.